The summed E-state index contributed by atoms with van der Waals surface area (Å²) >= 11 is 1.70. The van der Waals surface area contributed by atoms with Gasteiger partial charge < -0.3 is 5.73 Å². The standard InChI is InChI=1S/C12H17N3S/c1-9(2)15-11(3-5-13)7-12(14-15)10-4-6-16-8-10/h4,6-9H,3,5,13H2,1-2H3. The molecule has 0 spiro atoms. The molecule has 0 atom stereocenters. The van der Waals surface area contributed by atoms with Gasteiger partial charge in [-0.15, -0.1) is 0 Å². The lowest BCUT2D eigenvalue weighted by Gasteiger charge is -2.09. The summed E-state index contributed by atoms with van der Waals surface area (Å²) in [6.45, 7) is 4.95. The molecular weight excluding hydrogens is 218 g/mol. The minimum atomic E-state index is 0.383. The molecule has 4 heteroatoms. The molecular formula is C12H17N3S. The maximum absolute atomic E-state index is 5.62. The Morgan fingerprint density at radius 3 is 2.88 bits per heavy atom. The highest BCUT2D eigenvalue weighted by Gasteiger charge is 2.11. The van der Waals surface area contributed by atoms with Crippen molar-refractivity contribution in [1.82, 2.24) is 9.78 Å². The van der Waals surface area contributed by atoms with Gasteiger partial charge in [0, 0.05) is 29.1 Å². The van der Waals surface area contributed by atoms with Crippen LogP contribution >= 0.6 is 11.3 Å². The highest BCUT2D eigenvalue weighted by atomic mass is 32.1. The summed E-state index contributed by atoms with van der Waals surface area (Å²) in [4.78, 5) is 0. The van der Waals surface area contributed by atoms with Gasteiger partial charge in [-0.2, -0.15) is 16.4 Å². The summed E-state index contributed by atoms with van der Waals surface area (Å²) in [5, 5.41) is 8.84. The van der Waals surface area contributed by atoms with Gasteiger partial charge in [0.2, 0.25) is 0 Å². The fourth-order valence-electron chi connectivity index (χ4n) is 1.77. The normalized spacial score (nSPS) is 11.2. The smallest absolute Gasteiger partial charge is 0.0934 e. The maximum Gasteiger partial charge on any atom is 0.0934 e. The van der Waals surface area contributed by atoms with Gasteiger partial charge in [0.15, 0.2) is 0 Å². The highest BCUT2D eigenvalue weighted by Crippen LogP contribution is 2.23. The van der Waals surface area contributed by atoms with Crippen LogP contribution in [0.25, 0.3) is 11.3 Å². The van der Waals surface area contributed by atoms with Crippen molar-refractivity contribution in [3.8, 4) is 11.3 Å². The van der Waals surface area contributed by atoms with E-state index in [9.17, 15) is 0 Å². The number of aromatic nitrogens is 2. The van der Waals surface area contributed by atoms with Crippen molar-refractivity contribution in [2.45, 2.75) is 26.3 Å². The van der Waals surface area contributed by atoms with Gasteiger partial charge in [0.05, 0.1) is 5.69 Å². The number of nitrogens with two attached hydrogens (primary N) is 1. The summed E-state index contributed by atoms with van der Waals surface area (Å²) < 4.78 is 2.07. The predicted molar refractivity (Wildman–Crippen MR) is 68.7 cm³/mol. The molecule has 0 aromatic carbocycles. The third-order valence-electron chi connectivity index (χ3n) is 2.52. The van der Waals surface area contributed by atoms with Gasteiger partial charge in [-0.25, -0.2) is 0 Å². The molecule has 0 saturated carbocycles. The van der Waals surface area contributed by atoms with Gasteiger partial charge in [0.25, 0.3) is 0 Å². The molecule has 0 saturated heterocycles. The molecule has 0 aliphatic rings. The summed E-state index contributed by atoms with van der Waals surface area (Å²) in [7, 11) is 0. The molecule has 2 N–H and O–H groups in total. The molecule has 2 heterocycles. The Bertz CT molecular complexity index is 443. The molecule has 0 unspecified atom stereocenters. The van der Waals surface area contributed by atoms with Crippen LogP contribution in [0.15, 0.2) is 22.9 Å². The zero-order valence-electron chi connectivity index (χ0n) is 9.68. The first kappa shape index (κ1) is 11.4. The lowest BCUT2D eigenvalue weighted by atomic mass is 10.2. The fourth-order valence-corrected chi connectivity index (χ4v) is 2.42. The largest absolute Gasteiger partial charge is 0.330 e. The fraction of sp³-hybridized carbons (Fsp3) is 0.417. The van der Waals surface area contributed by atoms with Crippen LogP contribution in [0.1, 0.15) is 25.6 Å². The SMILES string of the molecule is CC(C)n1nc(-c2ccsc2)cc1CCN. The van der Waals surface area contributed by atoms with E-state index in [4.69, 9.17) is 5.73 Å². The van der Waals surface area contributed by atoms with Crippen LogP contribution in [-0.2, 0) is 6.42 Å². The highest BCUT2D eigenvalue weighted by molar-refractivity contribution is 7.08. The molecule has 0 aliphatic heterocycles. The van der Waals surface area contributed by atoms with Crippen molar-refractivity contribution >= 4 is 11.3 Å². The van der Waals surface area contributed by atoms with Crippen molar-refractivity contribution < 1.29 is 0 Å². The minimum Gasteiger partial charge on any atom is -0.330 e. The summed E-state index contributed by atoms with van der Waals surface area (Å²) in [5.74, 6) is 0. The van der Waals surface area contributed by atoms with E-state index in [0.29, 0.717) is 12.6 Å². The van der Waals surface area contributed by atoms with Gasteiger partial charge >= 0.3 is 0 Å². The van der Waals surface area contributed by atoms with E-state index in [-0.39, 0.29) is 0 Å². The second-order valence-electron chi connectivity index (χ2n) is 4.11. The van der Waals surface area contributed by atoms with Crippen LogP contribution in [-0.4, -0.2) is 16.3 Å². The number of hydrogen-bond donors (Lipinski definition) is 1. The van der Waals surface area contributed by atoms with Gasteiger partial charge in [-0.3, -0.25) is 4.68 Å². The molecule has 86 valence electrons. The van der Waals surface area contributed by atoms with Gasteiger partial charge in [-0.1, -0.05) is 0 Å². The monoisotopic (exact) mass is 235 g/mol. The quantitative estimate of drug-likeness (QED) is 0.885. The van der Waals surface area contributed by atoms with Crippen LogP contribution in [0, 0.1) is 0 Å². The zero-order chi connectivity index (χ0) is 11.5. The summed E-state index contributed by atoms with van der Waals surface area (Å²) in [6, 6.07) is 4.63. The maximum atomic E-state index is 5.62. The average molecular weight is 235 g/mol. The predicted octanol–water partition coefficient (Wildman–Crippen LogP) is 2.69. The molecule has 2 rings (SSSR count). The second-order valence-corrected chi connectivity index (χ2v) is 4.89. The average Bonchev–Trinajstić information content (AvgIpc) is 2.83. The van der Waals surface area contributed by atoms with E-state index in [0.717, 1.165) is 12.1 Å². The molecule has 0 fully saturated rings. The third kappa shape index (κ3) is 2.18. The third-order valence-corrected chi connectivity index (χ3v) is 3.20. The van der Waals surface area contributed by atoms with E-state index in [1.54, 1.807) is 11.3 Å². The number of thiophene rings is 1. The Balaban J connectivity index is 2.38. The Morgan fingerprint density at radius 2 is 2.31 bits per heavy atom. The molecule has 16 heavy (non-hydrogen) atoms. The lowest BCUT2D eigenvalue weighted by molar-refractivity contribution is 0.510. The molecule has 0 bridgehead atoms. The van der Waals surface area contributed by atoms with Crippen molar-refractivity contribution in [3.05, 3.63) is 28.6 Å². The number of hydrogen-bond acceptors (Lipinski definition) is 3. The van der Waals surface area contributed by atoms with E-state index >= 15 is 0 Å². The minimum absolute atomic E-state index is 0.383. The van der Waals surface area contributed by atoms with E-state index in [1.807, 2.05) is 0 Å². The lowest BCUT2D eigenvalue weighted by Crippen LogP contribution is -2.11. The zero-order valence-corrected chi connectivity index (χ0v) is 10.5. The Kier molecular flexibility index (Phi) is 3.41. The molecule has 0 aliphatic carbocycles. The van der Waals surface area contributed by atoms with Crippen LogP contribution < -0.4 is 5.73 Å². The Labute approximate surface area is 99.9 Å². The van der Waals surface area contributed by atoms with Crippen molar-refractivity contribution in [2.24, 2.45) is 5.73 Å². The first-order chi connectivity index (χ1) is 7.72. The summed E-state index contributed by atoms with van der Waals surface area (Å²) in [5.41, 5.74) is 9.09. The van der Waals surface area contributed by atoms with Gasteiger partial charge in [-0.05, 0) is 37.9 Å². The van der Waals surface area contributed by atoms with E-state index < -0.39 is 0 Å². The number of rotatable bonds is 4. The molecule has 3 nitrogen and oxygen atoms in total. The van der Waals surface area contributed by atoms with E-state index in [1.165, 1.54) is 11.3 Å². The van der Waals surface area contributed by atoms with Crippen LogP contribution in [0.4, 0.5) is 0 Å². The molecule has 0 radical (unpaired) electrons. The summed E-state index contributed by atoms with van der Waals surface area (Å²) in [6.07, 6.45) is 0.884. The van der Waals surface area contributed by atoms with Crippen molar-refractivity contribution in [3.63, 3.8) is 0 Å². The van der Waals surface area contributed by atoms with Crippen LogP contribution in [0.2, 0.25) is 0 Å². The Morgan fingerprint density at radius 1 is 1.50 bits per heavy atom. The van der Waals surface area contributed by atoms with Gasteiger partial charge in [0.1, 0.15) is 0 Å². The molecule has 2 aromatic heterocycles. The Hall–Kier alpha value is -1.13. The molecule has 2 aromatic rings. The first-order valence-electron chi connectivity index (χ1n) is 5.53. The first-order valence-corrected chi connectivity index (χ1v) is 6.47. The second kappa shape index (κ2) is 4.80. The van der Waals surface area contributed by atoms with E-state index in [2.05, 4.69) is 46.5 Å². The number of nitrogens with zero attached hydrogens (tertiary/aromatic N) is 2. The molecule has 0 amide bonds. The van der Waals surface area contributed by atoms with Crippen molar-refractivity contribution in [2.75, 3.05) is 6.54 Å². The van der Waals surface area contributed by atoms with Crippen LogP contribution in [0.5, 0.6) is 0 Å². The topological polar surface area (TPSA) is 43.8 Å². The van der Waals surface area contributed by atoms with Crippen LogP contribution in [0.3, 0.4) is 0 Å². The van der Waals surface area contributed by atoms with Crippen molar-refractivity contribution in [1.29, 1.82) is 0 Å².